The predicted molar refractivity (Wildman–Crippen MR) is 70.7 cm³/mol. The summed E-state index contributed by atoms with van der Waals surface area (Å²) in [4.78, 5) is 13.8. The first-order chi connectivity index (χ1) is 9.18. The first-order valence-corrected chi connectivity index (χ1v) is 7.21. The van der Waals surface area contributed by atoms with Crippen LogP contribution in [0.3, 0.4) is 0 Å². The molecule has 4 unspecified atom stereocenters. The molecule has 1 saturated carbocycles. The second kappa shape index (κ2) is 5.00. The molecule has 2 fully saturated rings. The predicted octanol–water partition coefficient (Wildman–Crippen LogP) is 3.06. The third kappa shape index (κ3) is 2.18. The molecule has 1 aromatic heterocycles. The molecule has 0 radical (unpaired) electrons. The molecule has 0 aromatic carbocycles. The van der Waals surface area contributed by atoms with Crippen molar-refractivity contribution in [1.82, 2.24) is 4.90 Å². The number of carboxylic acid groups (broad SMARTS) is 1. The highest BCUT2D eigenvalue weighted by atomic mass is 16.4. The Labute approximate surface area is 113 Å². The van der Waals surface area contributed by atoms with Gasteiger partial charge in [-0.3, -0.25) is 9.69 Å². The van der Waals surface area contributed by atoms with Crippen LogP contribution >= 0.6 is 0 Å². The quantitative estimate of drug-likeness (QED) is 0.910. The van der Waals surface area contributed by atoms with Crippen molar-refractivity contribution >= 4 is 5.97 Å². The standard InChI is InChI=1S/C15H21NO3/c1-10(12-6-7-19-9-12)16-13-5-3-2-4-11(13)8-14(16)15(17)18/h6-7,9-11,13-14H,2-5,8H2,1H3,(H,17,18). The van der Waals surface area contributed by atoms with E-state index in [-0.39, 0.29) is 12.1 Å². The maximum absolute atomic E-state index is 11.6. The van der Waals surface area contributed by atoms with Crippen LogP contribution in [0.1, 0.15) is 50.6 Å². The van der Waals surface area contributed by atoms with E-state index in [1.54, 1.807) is 12.5 Å². The zero-order valence-electron chi connectivity index (χ0n) is 11.3. The van der Waals surface area contributed by atoms with Gasteiger partial charge in [0.2, 0.25) is 0 Å². The van der Waals surface area contributed by atoms with E-state index in [0.717, 1.165) is 18.4 Å². The molecule has 0 spiro atoms. The summed E-state index contributed by atoms with van der Waals surface area (Å²) in [5, 5.41) is 9.51. The third-order valence-corrected chi connectivity index (χ3v) is 4.90. The van der Waals surface area contributed by atoms with Gasteiger partial charge in [-0.1, -0.05) is 12.8 Å². The molecule has 2 heterocycles. The fraction of sp³-hybridized carbons (Fsp3) is 0.667. The van der Waals surface area contributed by atoms with E-state index >= 15 is 0 Å². The minimum absolute atomic E-state index is 0.118. The molecule has 1 aliphatic heterocycles. The SMILES string of the molecule is CC(c1ccoc1)N1C(C(=O)O)CC2CCCCC21. The van der Waals surface area contributed by atoms with E-state index in [4.69, 9.17) is 4.42 Å². The summed E-state index contributed by atoms with van der Waals surface area (Å²) in [6.07, 6.45) is 9.00. The zero-order valence-corrected chi connectivity index (χ0v) is 11.3. The normalized spacial score (nSPS) is 33.0. The number of furan rings is 1. The molecule has 0 amide bonds. The van der Waals surface area contributed by atoms with Crippen molar-refractivity contribution in [3.05, 3.63) is 24.2 Å². The van der Waals surface area contributed by atoms with Gasteiger partial charge in [0.05, 0.1) is 12.5 Å². The molecule has 1 aromatic rings. The molecule has 2 aliphatic rings. The van der Waals surface area contributed by atoms with Crippen molar-refractivity contribution in [3.8, 4) is 0 Å². The lowest BCUT2D eigenvalue weighted by atomic mass is 9.84. The van der Waals surface area contributed by atoms with E-state index in [2.05, 4.69) is 11.8 Å². The Balaban J connectivity index is 1.88. The van der Waals surface area contributed by atoms with Crippen LogP contribution in [0.4, 0.5) is 0 Å². The van der Waals surface area contributed by atoms with Gasteiger partial charge in [0.25, 0.3) is 0 Å². The highest BCUT2D eigenvalue weighted by molar-refractivity contribution is 5.74. The average Bonchev–Trinajstić information content (AvgIpc) is 3.05. The van der Waals surface area contributed by atoms with Gasteiger partial charge < -0.3 is 9.52 Å². The summed E-state index contributed by atoms with van der Waals surface area (Å²) in [6.45, 7) is 2.10. The number of carbonyl (C=O) groups is 1. The van der Waals surface area contributed by atoms with Crippen LogP contribution in [-0.4, -0.2) is 28.1 Å². The number of rotatable bonds is 3. The Morgan fingerprint density at radius 2 is 2.26 bits per heavy atom. The molecular weight excluding hydrogens is 242 g/mol. The molecule has 1 saturated heterocycles. The van der Waals surface area contributed by atoms with Gasteiger partial charge in [-0.25, -0.2) is 0 Å². The minimum atomic E-state index is -0.676. The van der Waals surface area contributed by atoms with Gasteiger partial charge in [0.1, 0.15) is 6.04 Å². The Kier molecular flexibility index (Phi) is 3.35. The summed E-state index contributed by atoms with van der Waals surface area (Å²) < 4.78 is 5.15. The number of hydrogen-bond donors (Lipinski definition) is 1. The van der Waals surface area contributed by atoms with E-state index in [0.29, 0.717) is 12.0 Å². The first kappa shape index (κ1) is 12.7. The molecule has 104 valence electrons. The first-order valence-electron chi connectivity index (χ1n) is 7.21. The lowest BCUT2D eigenvalue weighted by molar-refractivity contribution is -0.143. The van der Waals surface area contributed by atoms with Gasteiger partial charge >= 0.3 is 5.97 Å². The van der Waals surface area contributed by atoms with E-state index in [1.807, 2.05) is 6.07 Å². The van der Waals surface area contributed by atoms with Crippen LogP contribution in [0.2, 0.25) is 0 Å². The molecule has 19 heavy (non-hydrogen) atoms. The molecule has 1 N–H and O–H groups in total. The Morgan fingerprint density at radius 1 is 1.47 bits per heavy atom. The molecule has 3 rings (SSSR count). The van der Waals surface area contributed by atoms with Crippen LogP contribution in [-0.2, 0) is 4.79 Å². The van der Waals surface area contributed by atoms with Crippen molar-refractivity contribution in [3.63, 3.8) is 0 Å². The smallest absolute Gasteiger partial charge is 0.320 e. The Hall–Kier alpha value is -1.29. The largest absolute Gasteiger partial charge is 0.480 e. The second-order valence-corrected chi connectivity index (χ2v) is 5.88. The number of likely N-dealkylation sites (tertiary alicyclic amines) is 1. The average molecular weight is 263 g/mol. The van der Waals surface area contributed by atoms with Crippen molar-refractivity contribution in [2.45, 2.75) is 57.2 Å². The molecule has 0 bridgehead atoms. The van der Waals surface area contributed by atoms with Gasteiger partial charge in [-0.15, -0.1) is 0 Å². The van der Waals surface area contributed by atoms with Crippen LogP contribution < -0.4 is 0 Å². The number of fused-ring (bicyclic) bond motifs is 1. The fourth-order valence-electron chi connectivity index (χ4n) is 3.97. The lowest BCUT2D eigenvalue weighted by Gasteiger charge is -2.36. The fourth-order valence-corrected chi connectivity index (χ4v) is 3.97. The van der Waals surface area contributed by atoms with Crippen LogP contribution in [0.25, 0.3) is 0 Å². The summed E-state index contributed by atoms with van der Waals surface area (Å²) in [6, 6.07) is 2.16. The number of nitrogens with zero attached hydrogens (tertiary/aromatic N) is 1. The minimum Gasteiger partial charge on any atom is -0.480 e. The number of hydrogen-bond acceptors (Lipinski definition) is 3. The van der Waals surface area contributed by atoms with Gasteiger partial charge in [0.15, 0.2) is 0 Å². The third-order valence-electron chi connectivity index (χ3n) is 4.90. The molecule has 4 heteroatoms. The summed E-state index contributed by atoms with van der Waals surface area (Å²) in [7, 11) is 0. The lowest BCUT2D eigenvalue weighted by Crippen LogP contribution is -2.43. The van der Waals surface area contributed by atoms with E-state index < -0.39 is 5.97 Å². The Morgan fingerprint density at radius 3 is 2.95 bits per heavy atom. The van der Waals surface area contributed by atoms with E-state index in [1.165, 1.54) is 19.3 Å². The second-order valence-electron chi connectivity index (χ2n) is 5.88. The number of carboxylic acids is 1. The Bertz CT molecular complexity index is 442. The van der Waals surface area contributed by atoms with Gasteiger partial charge in [-0.2, -0.15) is 0 Å². The van der Waals surface area contributed by atoms with E-state index in [9.17, 15) is 9.90 Å². The van der Waals surface area contributed by atoms with Crippen LogP contribution in [0.5, 0.6) is 0 Å². The number of aliphatic carboxylic acids is 1. The summed E-state index contributed by atoms with van der Waals surface area (Å²) >= 11 is 0. The van der Waals surface area contributed by atoms with Gasteiger partial charge in [-0.05, 0) is 38.2 Å². The maximum atomic E-state index is 11.6. The zero-order chi connectivity index (χ0) is 13.4. The van der Waals surface area contributed by atoms with Crippen molar-refractivity contribution < 1.29 is 14.3 Å². The van der Waals surface area contributed by atoms with Crippen LogP contribution in [0.15, 0.2) is 23.0 Å². The monoisotopic (exact) mass is 263 g/mol. The van der Waals surface area contributed by atoms with Crippen LogP contribution in [0, 0.1) is 5.92 Å². The van der Waals surface area contributed by atoms with Gasteiger partial charge in [0, 0.05) is 17.6 Å². The molecule has 1 aliphatic carbocycles. The van der Waals surface area contributed by atoms with Crippen molar-refractivity contribution in [2.24, 2.45) is 5.92 Å². The topological polar surface area (TPSA) is 53.7 Å². The summed E-state index contributed by atoms with van der Waals surface area (Å²) in [5.74, 6) is -0.117. The maximum Gasteiger partial charge on any atom is 0.320 e. The van der Waals surface area contributed by atoms with Crippen molar-refractivity contribution in [2.75, 3.05) is 0 Å². The highest BCUT2D eigenvalue weighted by Crippen LogP contribution is 2.44. The van der Waals surface area contributed by atoms with Crippen molar-refractivity contribution in [1.29, 1.82) is 0 Å². The molecule has 4 atom stereocenters. The molecular formula is C15H21NO3. The molecule has 4 nitrogen and oxygen atoms in total. The highest BCUT2D eigenvalue weighted by Gasteiger charge is 2.47. The summed E-state index contributed by atoms with van der Waals surface area (Å²) in [5.41, 5.74) is 1.08.